The number of hydrogen-bond acceptors (Lipinski definition) is 4. The van der Waals surface area contributed by atoms with Crippen molar-refractivity contribution in [3.05, 3.63) is 23.8 Å². The fourth-order valence-corrected chi connectivity index (χ4v) is 1.64. The lowest BCUT2D eigenvalue weighted by Gasteiger charge is -2.14. The molecule has 0 aliphatic heterocycles. The van der Waals surface area contributed by atoms with Crippen molar-refractivity contribution in [3.8, 4) is 11.5 Å². The Labute approximate surface area is 108 Å². The molecule has 1 aromatic carbocycles. The molecule has 4 heteroatoms. The predicted molar refractivity (Wildman–Crippen MR) is 70.2 cm³/mol. The van der Waals surface area contributed by atoms with Gasteiger partial charge < -0.3 is 19.3 Å². The molecule has 1 rings (SSSR count). The van der Waals surface area contributed by atoms with E-state index >= 15 is 0 Å². The Morgan fingerprint density at radius 2 is 1.89 bits per heavy atom. The normalized spacial score (nSPS) is 12.2. The Balaban J connectivity index is 2.60. The first kappa shape index (κ1) is 14.8. The zero-order valence-corrected chi connectivity index (χ0v) is 11.3. The molecule has 0 aromatic heterocycles. The summed E-state index contributed by atoms with van der Waals surface area (Å²) in [5.74, 6) is 1.41. The van der Waals surface area contributed by atoms with Crippen molar-refractivity contribution in [3.63, 3.8) is 0 Å². The standard InChI is InChI=1S/C14H22O4/c1-11(15)13-7-6-12(17-3)10-14(13)18-9-5-4-8-16-2/h6-7,10-11,15H,4-5,8-9H2,1-3H3. The lowest BCUT2D eigenvalue weighted by molar-refractivity contribution is 0.178. The highest BCUT2D eigenvalue weighted by molar-refractivity contribution is 5.41. The molecule has 18 heavy (non-hydrogen) atoms. The summed E-state index contributed by atoms with van der Waals surface area (Å²) in [5, 5.41) is 9.67. The summed E-state index contributed by atoms with van der Waals surface area (Å²) >= 11 is 0. The van der Waals surface area contributed by atoms with Crippen LogP contribution in [0.15, 0.2) is 18.2 Å². The number of rotatable bonds is 8. The molecule has 0 aliphatic rings. The predicted octanol–water partition coefficient (Wildman–Crippen LogP) is 2.55. The van der Waals surface area contributed by atoms with Crippen molar-refractivity contribution in [2.75, 3.05) is 27.4 Å². The lowest BCUT2D eigenvalue weighted by Crippen LogP contribution is -2.03. The quantitative estimate of drug-likeness (QED) is 0.724. The summed E-state index contributed by atoms with van der Waals surface area (Å²) in [6, 6.07) is 5.45. The maximum Gasteiger partial charge on any atom is 0.128 e. The van der Waals surface area contributed by atoms with Crippen LogP contribution in [0.25, 0.3) is 0 Å². The van der Waals surface area contributed by atoms with Crippen LogP contribution in [-0.2, 0) is 4.74 Å². The van der Waals surface area contributed by atoms with Gasteiger partial charge in [0.15, 0.2) is 0 Å². The van der Waals surface area contributed by atoms with E-state index in [1.165, 1.54) is 0 Å². The minimum absolute atomic E-state index is 0.551. The molecule has 0 aliphatic carbocycles. The highest BCUT2D eigenvalue weighted by Crippen LogP contribution is 2.29. The van der Waals surface area contributed by atoms with Gasteiger partial charge in [0.2, 0.25) is 0 Å². The summed E-state index contributed by atoms with van der Waals surface area (Å²) in [7, 11) is 3.30. The molecule has 0 fully saturated rings. The van der Waals surface area contributed by atoms with E-state index in [4.69, 9.17) is 14.2 Å². The van der Waals surface area contributed by atoms with E-state index < -0.39 is 6.10 Å². The van der Waals surface area contributed by atoms with E-state index in [0.717, 1.165) is 30.8 Å². The van der Waals surface area contributed by atoms with E-state index in [0.29, 0.717) is 12.4 Å². The van der Waals surface area contributed by atoms with Crippen LogP contribution in [0, 0.1) is 0 Å². The molecule has 0 saturated heterocycles. The van der Waals surface area contributed by atoms with Gasteiger partial charge in [-0.25, -0.2) is 0 Å². The summed E-state index contributed by atoms with van der Waals surface area (Å²) in [4.78, 5) is 0. The molecule has 1 aromatic rings. The van der Waals surface area contributed by atoms with E-state index in [1.54, 1.807) is 27.2 Å². The molecule has 1 atom stereocenters. The number of aliphatic hydroxyl groups is 1. The van der Waals surface area contributed by atoms with Crippen LogP contribution < -0.4 is 9.47 Å². The Morgan fingerprint density at radius 1 is 1.17 bits per heavy atom. The summed E-state index contributed by atoms with van der Waals surface area (Å²) in [6.07, 6.45) is 1.33. The van der Waals surface area contributed by atoms with Crippen molar-refractivity contribution >= 4 is 0 Å². The minimum Gasteiger partial charge on any atom is -0.497 e. The van der Waals surface area contributed by atoms with Crippen LogP contribution in [0.1, 0.15) is 31.4 Å². The van der Waals surface area contributed by atoms with Crippen LogP contribution in [0.4, 0.5) is 0 Å². The molecule has 0 heterocycles. The molecular formula is C14H22O4. The Kier molecular flexibility index (Phi) is 6.54. The third kappa shape index (κ3) is 4.55. The second-order valence-electron chi connectivity index (χ2n) is 4.13. The molecule has 4 nitrogen and oxygen atoms in total. The first-order chi connectivity index (χ1) is 8.69. The fraction of sp³-hybridized carbons (Fsp3) is 0.571. The van der Waals surface area contributed by atoms with E-state index in [1.807, 2.05) is 12.1 Å². The Morgan fingerprint density at radius 3 is 2.50 bits per heavy atom. The average Bonchev–Trinajstić information content (AvgIpc) is 2.38. The van der Waals surface area contributed by atoms with Gasteiger partial charge in [-0.3, -0.25) is 0 Å². The molecule has 0 saturated carbocycles. The monoisotopic (exact) mass is 254 g/mol. The zero-order chi connectivity index (χ0) is 13.4. The van der Waals surface area contributed by atoms with E-state index in [9.17, 15) is 5.11 Å². The molecule has 0 amide bonds. The van der Waals surface area contributed by atoms with Crippen molar-refractivity contribution in [1.29, 1.82) is 0 Å². The molecule has 102 valence electrons. The first-order valence-electron chi connectivity index (χ1n) is 6.16. The molecule has 0 bridgehead atoms. The van der Waals surface area contributed by atoms with Crippen molar-refractivity contribution in [2.24, 2.45) is 0 Å². The topological polar surface area (TPSA) is 47.9 Å². The molecule has 1 N–H and O–H groups in total. The van der Waals surface area contributed by atoms with Gasteiger partial charge in [0.1, 0.15) is 11.5 Å². The van der Waals surface area contributed by atoms with Crippen molar-refractivity contribution < 1.29 is 19.3 Å². The van der Waals surface area contributed by atoms with Crippen LogP contribution in [-0.4, -0.2) is 32.5 Å². The summed E-state index contributed by atoms with van der Waals surface area (Å²) in [6.45, 7) is 3.07. The number of benzene rings is 1. The van der Waals surface area contributed by atoms with Gasteiger partial charge in [-0.1, -0.05) is 0 Å². The van der Waals surface area contributed by atoms with Crippen molar-refractivity contribution in [1.82, 2.24) is 0 Å². The van der Waals surface area contributed by atoms with Gasteiger partial charge in [-0.2, -0.15) is 0 Å². The van der Waals surface area contributed by atoms with Crippen LogP contribution in [0.5, 0.6) is 11.5 Å². The molecule has 0 spiro atoms. The molecule has 1 unspecified atom stereocenters. The minimum atomic E-state index is -0.551. The van der Waals surface area contributed by atoms with Gasteiger partial charge in [0.05, 0.1) is 19.8 Å². The highest BCUT2D eigenvalue weighted by atomic mass is 16.5. The van der Waals surface area contributed by atoms with Crippen molar-refractivity contribution in [2.45, 2.75) is 25.9 Å². The average molecular weight is 254 g/mol. The number of methoxy groups -OCH3 is 2. The van der Waals surface area contributed by atoms with Gasteiger partial charge in [-0.15, -0.1) is 0 Å². The number of unbranched alkanes of at least 4 members (excludes halogenated alkanes) is 1. The second-order valence-corrected chi connectivity index (χ2v) is 4.13. The summed E-state index contributed by atoms with van der Waals surface area (Å²) in [5.41, 5.74) is 0.780. The van der Waals surface area contributed by atoms with Gasteiger partial charge in [0, 0.05) is 25.3 Å². The van der Waals surface area contributed by atoms with Crippen LogP contribution in [0.3, 0.4) is 0 Å². The molecular weight excluding hydrogens is 232 g/mol. The van der Waals surface area contributed by atoms with Gasteiger partial charge >= 0.3 is 0 Å². The SMILES string of the molecule is COCCCCOc1cc(OC)ccc1C(C)O. The van der Waals surface area contributed by atoms with Crippen LogP contribution >= 0.6 is 0 Å². The number of hydrogen-bond donors (Lipinski definition) is 1. The smallest absolute Gasteiger partial charge is 0.128 e. The van der Waals surface area contributed by atoms with Gasteiger partial charge in [0.25, 0.3) is 0 Å². The Bertz CT molecular complexity index is 350. The van der Waals surface area contributed by atoms with Crippen LogP contribution in [0.2, 0.25) is 0 Å². The second kappa shape index (κ2) is 7.95. The lowest BCUT2D eigenvalue weighted by atomic mass is 10.1. The Hall–Kier alpha value is -1.26. The highest BCUT2D eigenvalue weighted by Gasteiger charge is 2.10. The van der Waals surface area contributed by atoms with E-state index in [2.05, 4.69) is 0 Å². The van der Waals surface area contributed by atoms with Gasteiger partial charge in [-0.05, 0) is 31.9 Å². The first-order valence-corrected chi connectivity index (χ1v) is 6.16. The number of aliphatic hydroxyl groups excluding tert-OH is 1. The zero-order valence-electron chi connectivity index (χ0n) is 11.3. The third-order valence-corrected chi connectivity index (χ3v) is 2.67. The fourth-order valence-electron chi connectivity index (χ4n) is 1.64. The molecule has 0 radical (unpaired) electrons. The third-order valence-electron chi connectivity index (χ3n) is 2.67. The maximum absolute atomic E-state index is 9.67. The maximum atomic E-state index is 9.67. The summed E-state index contributed by atoms with van der Waals surface area (Å²) < 4.78 is 15.8. The largest absolute Gasteiger partial charge is 0.497 e. The van der Waals surface area contributed by atoms with E-state index in [-0.39, 0.29) is 0 Å². The number of ether oxygens (including phenoxy) is 3.